The molecule has 1 N–H and O–H groups in total. The van der Waals surface area contributed by atoms with Gasteiger partial charge in [0, 0.05) is 0 Å². The van der Waals surface area contributed by atoms with E-state index in [1.54, 1.807) is 19.9 Å². The van der Waals surface area contributed by atoms with Crippen molar-refractivity contribution in [3.63, 3.8) is 0 Å². The van der Waals surface area contributed by atoms with Gasteiger partial charge in [0.05, 0.1) is 5.60 Å². The highest BCUT2D eigenvalue weighted by Crippen LogP contribution is 2.42. The molecular weight excluding hydrogens is 218 g/mol. The van der Waals surface area contributed by atoms with E-state index in [0.29, 0.717) is 12.0 Å². The van der Waals surface area contributed by atoms with Crippen LogP contribution in [0.2, 0.25) is 0 Å². The van der Waals surface area contributed by atoms with Gasteiger partial charge in [0.25, 0.3) is 0 Å². The molecule has 0 radical (unpaired) electrons. The van der Waals surface area contributed by atoms with Crippen molar-refractivity contribution in [1.29, 1.82) is 0 Å². The first kappa shape index (κ1) is 11.1. The number of hydrogen-bond donors (Lipinski definition) is 1. The van der Waals surface area contributed by atoms with Gasteiger partial charge in [-0.05, 0) is 31.0 Å². The largest absolute Gasteiger partial charge is 0.586 e. The van der Waals surface area contributed by atoms with Crippen LogP contribution in [0.25, 0.3) is 0 Å². The molecule has 1 aliphatic rings. The third-order valence-electron chi connectivity index (χ3n) is 2.71. The number of fused-ring (bicyclic) bond motifs is 1. The Balaban J connectivity index is 2.36. The number of ether oxygens (including phenoxy) is 2. The minimum atomic E-state index is -3.61. The van der Waals surface area contributed by atoms with Crippen molar-refractivity contribution < 1.29 is 23.4 Å². The Morgan fingerprint density at radius 2 is 1.94 bits per heavy atom. The van der Waals surface area contributed by atoms with Crippen LogP contribution in [0.15, 0.2) is 18.2 Å². The third-order valence-corrected chi connectivity index (χ3v) is 2.71. The average Bonchev–Trinajstić information content (AvgIpc) is 2.50. The van der Waals surface area contributed by atoms with Crippen molar-refractivity contribution in [2.24, 2.45) is 0 Å². The highest BCUT2D eigenvalue weighted by molar-refractivity contribution is 5.46. The average molecular weight is 230 g/mol. The summed E-state index contributed by atoms with van der Waals surface area (Å²) in [7, 11) is 0. The molecule has 1 heterocycles. The standard InChI is InChI=1S/C11H12F2O3/c1-3-10(2,14)7-4-5-8-9(6-7)16-11(12,13)15-8/h4-6,14H,3H2,1-2H3. The Kier molecular flexibility index (Phi) is 2.31. The molecular formula is C11H12F2O3. The first-order valence-corrected chi connectivity index (χ1v) is 4.97. The highest BCUT2D eigenvalue weighted by atomic mass is 19.3. The fourth-order valence-electron chi connectivity index (χ4n) is 1.49. The fraction of sp³-hybridized carbons (Fsp3) is 0.455. The van der Waals surface area contributed by atoms with E-state index in [2.05, 4.69) is 9.47 Å². The molecule has 0 spiro atoms. The van der Waals surface area contributed by atoms with Crippen LogP contribution in [-0.4, -0.2) is 11.4 Å². The van der Waals surface area contributed by atoms with E-state index in [0.717, 1.165) is 0 Å². The molecule has 2 rings (SSSR count). The first-order valence-electron chi connectivity index (χ1n) is 4.97. The molecule has 0 bridgehead atoms. The maximum atomic E-state index is 12.7. The molecule has 1 aromatic carbocycles. The molecule has 88 valence electrons. The van der Waals surface area contributed by atoms with Gasteiger partial charge in [-0.1, -0.05) is 13.0 Å². The maximum absolute atomic E-state index is 12.7. The minimum absolute atomic E-state index is 0.0133. The van der Waals surface area contributed by atoms with Crippen molar-refractivity contribution in [3.8, 4) is 11.5 Å². The van der Waals surface area contributed by atoms with Gasteiger partial charge in [0.1, 0.15) is 0 Å². The molecule has 1 aliphatic heterocycles. The van der Waals surface area contributed by atoms with E-state index in [1.807, 2.05) is 0 Å². The SMILES string of the molecule is CCC(C)(O)c1ccc2c(c1)OC(F)(F)O2. The van der Waals surface area contributed by atoms with Gasteiger partial charge in [-0.15, -0.1) is 8.78 Å². The Morgan fingerprint density at radius 3 is 2.56 bits per heavy atom. The fourth-order valence-corrected chi connectivity index (χ4v) is 1.49. The van der Waals surface area contributed by atoms with Crippen molar-refractivity contribution in [2.75, 3.05) is 0 Å². The summed E-state index contributed by atoms with van der Waals surface area (Å²) in [5, 5.41) is 9.97. The number of alkyl halides is 2. The van der Waals surface area contributed by atoms with Crippen molar-refractivity contribution in [1.82, 2.24) is 0 Å². The number of rotatable bonds is 2. The van der Waals surface area contributed by atoms with E-state index in [-0.39, 0.29) is 11.5 Å². The second-order valence-electron chi connectivity index (χ2n) is 3.96. The normalized spacial score (nSPS) is 20.6. The smallest absolute Gasteiger partial charge is 0.395 e. The van der Waals surface area contributed by atoms with Gasteiger partial charge in [-0.25, -0.2) is 0 Å². The molecule has 1 aromatic rings. The molecule has 5 heteroatoms. The summed E-state index contributed by atoms with van der Waals surface area (Å²) in [6, 6.07) is 4.29. The molecule has 0 aromatic heterocycles. The number of hydrogen-bond acceptors (Lipinski definition) is 3. The minimum Gasteiger partial charge on any atom is -0.395 e. The van der Waals surface area contributed by atoms with Gasteiger partial charge in [0.2, 0.25) is 0 Å². The van der Waals surface area contributed by atoms with Gasteiger partial charge < -0.3 is 14.6 Å². The molecule has 0 aliphatic carbocycles. The van der Waals surface area contributed by atoms with Crippen molar-refractivity contribution >= 4 is 0 Å². The quantitative estimate of drug-likeness (QED) is 0.848. The molecule has 1 unspecified atom stereocenters. The topological polar surface area (TPSA) is 38.7 Å². The molecule has 3 nitrogen and oxygen atoms in total. The molecule has 16 heavy (non-hydrogen) atoms. The molecule has 0 saturated heterocycles. The summed E-state index contributed by atoms with van der Waals surface area (Å²) >= 11 is 0. The Bertz CT molecular complexity index is 416. The van der Waals surface area contributed by atoms with Crippen LogP contribution in [0.5, 0.6) is 11.5 Å². The summed E-state index contributed by atoms with van der Waals surface area (Å²) in [5.74, 6) is -0.0584. The Morgan fingerprint density at radius 1 is 1.31 bits per heavy atom. The van der Waals surface area contributed by atoms with Crippen LogP contribution in [0.4, 0.5) is 8.78 Å². The van der Waals surface area contributed by atoms with E-state index < -0.39 is 11.9 Å². The number of benzene rings is 1. The summed E-state index contributed by atoms with van der Waals surface area (Å²) in [4.78, 5) is 0. The second kappa shape index (κ2) is 3.31. The summed E-state index contributed by atoms with van der Waals surface area (Å²) in [5.41, 5.74) is -0.536. The maximum Gasteiger partial charge on any atom is 0.586 e. The molecule has 0 amide bonds. The highest BCUT2D eigenvalue weighted by Gasteiger charge is 2.43. The van der Waals surface area contributed by atoms with Crippen LogP contribution in [0, 0.1) is 0 Å². The predicted octanol–water partition coefficient (Wildman–Crippen LogP) is 2.63. The van der Waals surface area contributed by atoms with Crippen molar-refractivity contribution in [3.05, 3.63) is 23.8 Å². The lowest BCUT2D eigenvalue weighted by Gasteiger charge is -2.21. The third kappa shape index (κ3) is 1.82. The molecule has 1 atom stereocenters. The van der Waals surface area contributed by atoms with Gasteiger partial charge in [-0.3, -0.25) is 0 Å². The van der Waals surface area contributed by atoms with Crippen LogP contribution in [0.3, 0.4) is 0 Å². The van der Waals surface area contributed by atoms with E-state index in [1.165, 1.54) is 12.1 Å². The van der Waals surface area contributed by atoms with Crippen molar-refractivity contribution in [2.45, 2.75) is 32.2 Å². The zero-order valence-electron chi connectivity index (χ0n) is 8.96. The van der Waals surface area contributed by atoms with Crippen LogP contribution in [-0.2, 0) is 5.60 Å². The second-order valence-corrected chi connectivity index (χ2v) is 3.96. The number of halogens is 2. The lowest BCUT2D eigenvalue weighted by molar-refractivity contribution is -0.286. The Labute approximate surface area is 91.6 Å². The van der Waals surface area contributed by atoms with Gasteiger partial charge in [0.15, 0.2) is 11.5 Å². The van der Waals surface area contributed by atoms with Crippen LogP contribution >= 0.6 is 0 Å². The first-order chi connectivity index (χ1) is 7.34. The van der Waals surface area contributed by atoms with Gasteiger partial charge >= 0.3 is 6.29 Å². The summed E-state index contributed by atoms with van der Waals surface area (Å²) in [6.07, 6.45) is -3.14. The monoisotopic (exact) mass is 230 g/mol. The molecule has 0 saturated carbocycles. The van der Waals surface area contributed by atoms with E-state index >= 15 is 0 Å². The van der Waals surface area contributed by atoms with E-state index in [4.69, 9.17) is 0 Å². The lowest BCUT2D eigenvalue weighted by atomic mass is 9.93. The summed E-state index contributed by atoms with van der Waals surface area (Å²) in [6.45, 7) is 3.42. The zero-order valence-corrected chi connectivity index (χ0v) is 8.96. The number of aliphatic hydroxyl groups is 1. The predicted molar refractivity (Wildman–Crippen MR) is 52.5 cm³/mol. The van der Waals surface area contributed by atoms with E-state index in [9.17, 15) is 13.9 Å². The zero-order chi connectivity index (χ0) is 12.0. The summed E-state index contributed by atoms with van der Waals surface area (Å²) < 4.78 is 34.0. The van der Waals surface area contributed by atoms with Crippen LogP contribution in [0.1, 0.15) is 25.8 Å². The van der Waals surface area contributed by atoms with Gasteiger partial charge in [-0.2, -0.15) is 0 Å². The van der Waals surface area contributed by atoms with Crippen LogP contribution < -0.4 is 9.47 Å². The molecule has 0 fully saturated rings. The Hall–Kier alpha value is -1.36. The lowest BCUT2D eigenvalue weighted by Crippen LogP contribution is -2.26.